The zero-order valence-electron chi connectivity index (χ0n) is 15.3. The summed E-state index contributed by atoms with van der Waals surface area (Å²) in [6, 6.07) is 12.1. The molecule has 0 spiro atoms. The van der Waals surface area contributed by atoms with E-state index in [1.54, 1.807) is 42.5 Å². The Morgan fingerprint density at radius 3 is 2.50 bits per heavy atom. The number of anilines is 1. The third kappa shape index (κ3) is 5.00. The van der Waals surface area contributed by atoms with Crippen LogP contribution in [0.1, 0.15) is 17.3 Å². The van der Waals surface area contributed by atoms with Crippen LogP contribution in [0.2, 0.25) is 0 Å². The molecule has 1 heterocycles. The van der Waals surface area contributed by atoms with Crippen molar-refractivity contribution in [2.75, 3.05) is 25.1 Å². The molecule has 3 rings (SSSR count). The summed E-state index contributed by atoms with van der Waals surface area (Å²) in [5.74, 6) is -0.0431. The summed E-state index contributed by atoms with van der Waals surface area (Å²) in [5.41, 5.74) is 0.939. The second-order valence-electron chi connectivity index (χ2n) is 6.08. The van der Waals surface area contributed by atoms with Crippen LogP contribution in [0, 0.1) is 0 Å². The highest BCUT2D eigenvalue weighted by Crippen LogP contribution is 2.30. The minimum Gasteiger partial charge on any atom is -0.486 e. The van der Waals surface area contributed by atoms with Crippen molar-refractivity contribution in [2.45, 2.75) is 13.0 Å². The minimum atomic E-state index is -0.920. The third-order valence-corrected chi connectivity index (χ3v) is 3.94. The van der Waals surface area contributed by atoms with Crippen LogP contribution in [0.4, 0.5) is 10.5 Å². The number of hydrogen-bond acceptors (Lipinski definition) is 6. The van der Waals surface area contributed by atoms with Crippen molar-refractivity contribution in [3.63, 3.8) is 0 Å². The number of esters is 1. The molecule has 0 saturated heterocycles. The Hall–Kier alpha value is -3.55. The van der Waals surface area contributed by atoms with E-state index in [9.17, 15) is 14.4 Å². The molecule has 2 aromatic rings. The average Bonchev–Trinajstić information content (AvgIpc) is 2.71. The summed E-state index contributed by atoms with van der Waals surface area (Å²) >= 11 is 0. The maximum absolute atomic E-state index is 12.2. The van der Waals surface area contributed by atoms with Crippen molar-refractivity contribution in [3.8, 4) is 11.5 Å². The number of ketones is 1. The summed E-state index contributed by atoms with van der Waals surface area (Å²) in [5, 5.41) is 5.06. The summed E-state index contributed by atoms with van der Waals surface area (Å²) in [6.45, 7) is 1.90. The zero-order chi connectivity index (χ0) is 19.9. The first-order valence-electron chi connectivity index (χ1n) is 8.75. The molecule has 146 valence electrons. The van der Waals surface area contributed by atoms with Gasteiger partial charge < -0.3 is 24.8 Å². The third-order valence-electron chi connectivity index (χ3n) is 3.94. The Labute approximate surface area is 161 Å². The first-order chi connectivity index (χ1) is 13.5. The monoisotopic (exact) mass is 384 g/mol. The molecular formula is C20H20N2O6. The number of benzene rings is 2. The highest BCUT2D eigenvalue weighted by Gasteiger charge is 2.20. The highest BCUT2D eigenvalue weighted by atomic mass is 16.6. The normalized spacial score (nSPS) is 13.2. The molecule has 28 heavy (non-hydrogen) atoms. The number of nitrogens with one attached hydrogen (secondary N) is 2. The van der Waals surface area contributed by atoms with Crippen molar-refractivity contribution < 1.29 is 28.6 Å². The predicted octanol–water partition coefficient (Wildman–Crippen LogP) is 2.39. The Bertz CT molecular complexity index is 868. The van der Waals surface area contributed by atoms with Gasteiger partial charge in [0.1, 0.15) is 19.3 Å². The molecule has 1 aliphatic rings. The lowest BCUT2D eigenvalue weighted by Gasteiger charge is -2.18. The van der Waals surface area contributed by atoms with Crippen LogP contribution in [0.5, 0.6) is 11.5 Å². The number of urea groups is 1. The van der Waals surface area contributed by atoms with Crippen LogP contribution in [-0.2, 0) is 9.53 Å². The number of ether oxygens (including phenoxy) is 3. The predicted molar refractivity (Wildman–Crippen MR) is 101 cm³/mol. The molecule has 0 aliphatic carbocycles. The fourth-order valence-corrected chi connectivity index (χ4v) is 2.51. The van der Waals surface area contributed by atoms with E-state index in [2.05, 4.69) is 10.6 Å². The van der Waals surface area contributed by atoms with Gasteiger partial charge in [-0.2, -0.15) is 0 Å². The molecule has 1 aliphatic heterocycles. The van der Waals surface area contributed by atoms with Crippen LogP contribution in [-0.4, -0.2) is 43.6 Å². The van der Waals surface area contributed by atoms with Gasteiger partial charge in [-0.05, 0) is 37.3 Å². The number of carbonyl (C=O) groups is 3. The first-order valence-corrected chi connectivity index (χ1v) is 8.75. The molecule has 0 radical (unpaired) electrons. The molecule has 0 fully saturated rings. The number of fused-ring (bicyclic) bond motifs is 1. The van der Waals surface area contributed by atoms with Crippen LogP contribution in [0.3, 0.4) is 0 Å². The van der Waals surface area contributed by atoms with E-state index in [-0.39, 0.29) is 5.78 Å². The number of amides is 2. The van der Waals surface area contributed by atoms with Gasteiger partial charge in [0, 0.05) is 11.3 Å². The topological polar surface area (TPSA) is 103 Å². The highest BCUT2D eigenvalue weighted by molar-refractivity contribution is 5.99. The van der Waals surface area contributed by atoms with Gasteiger partial charge in [0.05, 0.1) is 0 Å². The second kappa shape index (κ2) is 8.90. The summed E-state index contributed by atoms with van der Waals surface area (Å²) in [7, 11) is 0. The van der Waals surface area contributed by atoms with E-state index in [0.29, 0.717) is 36.0 Å². The number of hydrogen-bond donors (Lipinski definition) is 2. The van der Waals surface area contributed by atoms with Gasteiger partial charge in [-0.15, -0.1) is 0 Å². The summed E-state index contributed by atoms with van der Waals surface area (Å²) < 4.78 is 15.8. The molecular weight excluding hydrogens is 364 g/mol. The lowest BCUT2D eigenvalue weighted by Crippen LogP contribution is -2.42. The molecule has 8 nitrogen and oxygen atoms in total. The molecule has 8 heteroatoms. The Morgan fingerprint density at radius 2 is 1.75 bits per heavy atom. The minimum absolute atomic E-state index is 0.347. The summed E-state index contributed by atoms with van der Waals surface area (Å²) in [6.07, 6.45) is 0. The molecule has 2 N–H and O–H groups in total. The number of Topliss-reactive ketones (excluding diaryl/α,β-unsaturated/α-hetero) is 1. The number of para-hydroxylation sites is 1. The van der Waals surface area contributed by atoms with E-state index < -0.39 is 24.6 Å². The lowest BCUT2D eigenvalue weighted by molar-refractivity contribution is -0.144. The van der Waals surface area contributed by atoms with Crippen molar-refractivity contribution in [3.05, 3.63) is 54.1 Å². The largest absolute Gasteiger partial charge is 0.486 e. The molecule has 0 aromatic heterocycles. The van der Waals surface area contributed by atoms with E-state index in [1.165, 1.54) is 6.92 Å². The van der Waals surface area contributed by atoms with E-state index in [4.69, 9.17) is 14.2 Å². The zero-order valence-corrected chi connectivity index (χ0v) is 15.3. The fraction of sp³-hybridized carbons (Fsp3) is 0.250. The Morgan fingerprint density at radius 1 is 1.04 bits per heavy atom. The Balaban J connectivity index is 1.47. The van der Waals surface area contributed by atoms with Gasteiger partial charge >= 0.3 is 12.0 Å². The van der Waals surface area contributed by atoms with Crippen LogP contribution in [0.15, 0.2) is 48.5 Å². The molecule has 0 saturated carbocycles. The quantitative estimate of drug-likeness (QED) is 0.586. The van der Waals surface area contributed by atoms with Crippen LogP contribution >= 0.6 is 0 Å². The maximum Gasteiger partial charge on any atom is 0.328 e. The van der Waals surface area contributed by atoms with Crippen LogP contribution < -0.4 is 20.1 Å². The lowest BCUT2D eigenvalue weighted by atomic mass is 10.1. The van der Waals surface area contributed by atoms with Crippen molar-refractivity contribution in [1.29, 1.82) is 0 Å². The van der Waals surface area contributed by atoms with Gasteiger partial charge in [0.25, 0.3) is 0 Å². The molecule has 0 bridgehead atoms. The van der Waals surface area contributed by atoms with Gasteiger partial charge in [0.2, 0.25) is 0 Å². The first kappa shape index (κ1) is 19.2. The standard InChI is InChI=1S/C20H20N2O6/c1-13(21-20(25)22-15-5-3-2-4-6-15)19(24)28-12-16(23)14-7-8-17-18(11-14)27-10-9-26-17/h2-8,11,13H,9-10,12H2,1H3,(H2,21,22,25)/t13-/m0/s1. The Kier molecular flexibility index (Phi) is 6.11. The van der Waals surface area contributed by atoms with Gasteiger partial charge in [-0.1, -0.05) is 18.2 Å². The van der Waals surface area contributed by atoms with E-state index in [1.807, 2.05) is 6.07 Å². The second-order valence-corrected chi connectivity index (χ2v) is 6.08. The van der Waals surface area contributed by atoms with Crippen LogP contribution in [0.25, 0.3) is 0 Å². The SMILES string of the molecule is C[C@H](NC(=O)Nc1ccccc1)C(=O)OCC(=O)c1ccc2c(c1)OCCO2. The average molecular weight is 384 g/mol. The smallest absolute Gasteiger partial charge is 0.328 e. The van der Waals surface area contributed by atoms with E-state index in [0.717, 1.165) is 0 Å². The summed E-state index contributed by atoms with van der Waals surface area (Å²) in [4.78, 5) is 36.2. The van der Waals surface area contributed by atoms with E-state index >= 15 is 0 Å². The van der Waals surface area contributed by atoms with Crippen molar-refractivity contribution in [2.24, 2.45) is 0 Å². The van der Waals surface area contributed by atoms with Gasteiger partial charge in [0.15, 0.2) is 23.9 Å². The fourth-order valence-electron chi connectivity index (χ4n) is 2.51. The molecule has 2 amide bonds. The molecule has 2 aromatic carbocycles. The number of carbonyl (C=O) groups excluding carboxylic acids is 3. The van der Waals surface area contributed by atoms with Gasteiger partial charge in [-0.25, -0.2) is 9.59 Å². The van der Waals surface area contributed by atoms with Crippen molar-refractivity contribution >= 4 is 23.5 Å². The van der Waals surface area contributed by atoms with Crippen molar-refractivity contribution in [1.82, 2.24) is 5.32 Å². The number of rotatable bonds is 6. The molecule has 1 atom stereocenters. The maximum atomic E-state index is 12.2. The van der Waals surface area contributed by atoms with Gasteiger partial charge in [-0.3, -0.25) is 4.79 Å². The molecule has 0 unspecified atom stereocenters.